The van der Waals surface area contributed by atoms with Crippen LogP contribution in [-0.4, -0.2) is 73.1 Å². The van der Waals surface area contributed by atoms with Crippen molar-refractivity contribution in [3.63, 3.8) is 0 Å². The van der Waals surface area contributed by atoms with E-state index >= 15 is 0 Å². The van der Waals surface area contributed by atoms with Crippen molar-refractivity contribution in [1.82, 2.24) is 9.80 Å². The number of rotatable bonds is 7. The van der Waals surface area contributed by atoms with Gasteiger partial charge in [-0.25, -0.2) is 4.39 Å². The first-order chi connectivity index (χ1) is 16.0. The molecule has 1 N–H and O–H groups in total. The maximum Gasteiger partial charge on any atom is 0.295 e. The lowest BCUT2D eigenvalue weighted by Crippen LogP contribution is -2.39. The van der Waals surface area contributed by atoms with Crippen molar-refractivity contribution in [1.29, 1.82) is 0 Å². The summed E-state index contributed by atoms with van der Waals surface area (Å²) in [5.41, 5.74) is 0.299. The van der Waals surface area contributed by atoms with E-state index < -0.39 is 23.5 Å². The molecule has 4 rings (SSSR count). The number of amides is 1. The molecular weight excluding hydrogens is 427 g/mol. The molecule has 0 radical (unpaired) electrons. The molecule has 0 aliphatic carbocycles. The third-order valence-electron chi connectivity index (χ3n) is 6.08. The van der Waals surface area contributed by atoms with Gasteiger partial charge in [-0.2, -0.15) is 0 Å². The number of methoxy groups -OCH3 is 1. The first-order valence-corrected chi connectivity index (χ1v) is 11.0. The highest BCUT2D eigenvalue weighted by atomic mass is 19.1. The van der Waals surface area contributed by atoms with Gasteiger partial charge in [0, 0.05) is 31.7 Å². The second kappa shape index (κ2) is 10.1. The van der Waals surface area contributed by atoms with E-state index in [9.17, 15) is 19.1 Å². The highest BCUT2D eigenvalue weighted by Gasteiger charge is 2.47. The molecule has 8 heteroatoms. The second-order valence-corrected chi connectivity index (χ2v) is 8.02. The van der Waals surface area contributed by atoms with Gasteiger partial charge in [-0.15, -0.1) is 0 Å². The van der Waals surface area contributed by atoms with Gasteiger partial charge in [-0.05, 0) is 24.6 Å². The summed E-state index contributed by atoms with van der Waals surface area (Å²) >= 11 is 0. The standard InChI is InChI=1S/C25H27FN2O5/c1-32-20-10-5-3-8-18(20)23(29)21-22(17-7-2-4-9-19(17)26)28(25(31)24(21)30)12-6-11-27-13-15-33-16-14-27/h2-5,7-10,22,29H,6,11-16H2,1H3/b23-21+. The molecule has 0 saturated carbocycles. The Morgan fingerprint density at radius 1 is 1.09 bits per heavy atom. The first kappa shape index (κ1) is 22.9. The summed E-state index contributed by atoms with van der Waals surface area (Å²) in [4.78, 5) is 29.7. The lowest BCUT2D eigenvalue weighted by molar-refractivity contribution is -0.140. The van der Waals surface area contributed by atoms with Gasteiger partial charge >= 0.3 is 0 Å². The van der Waals surface area contributed by atoms with Crippen LogP contribution in [0.2, 0.25) is 0 Å². The number of ether oxygens (including phenoxy) is 2. The molecule has 0 spiro atoms. The van der Waals surface area contributed by atoms with E-state index in [1.54, 1.807) is 36.4 Å². The normalized spacial score (nSPS) is 20.9. The number of carbonyl (C=O) groups excluding carboxylic acids is 2. The molecule has 2 aromatic rings. The Balaban J connectivity index is 1.71. The van der Waals surface area contributed by atoms with Crippen molar-refractivity contribution in [2.24, 2.45) is 0 Å². The van der Waals surface area contributed by atoms with E-state index in [2.05, 4.69) is 4.90 Å². The Morgan fingerprint density at radius 3 is 2.52 bits per heavy atom. The molecule has 1 amide bonds. The van der Waals surface area contributed by atoms with Crippen LogP contribution in [0.15, 0.2) is 54.1 Å². The van der Waals surface area contributed by atoms with E-state index in [4.69, 9.17) is 9.47 Å². The minimum atomic E-state index is -1.03. The van der Waals surface area contributed by atoms with Gasteiger partial charge in [0.05, 0.1) is 37.5 Å². The van der Waals surface area contributed by atoms with Crippen LogP contribution < -0.4 is 4.74 Å². The summed E-state index contributed by atoms with van der Waals surface area (Å²) < 4.78 is 25.5. The number of likely N-dealkylation sites (tertiary alicyclic amines) is 1. The summed E-state index contributed by atoms with van der Waals surface area (Å²) in [6.07, 6.45) is 0.604. The molecule has 1 atom stereocenters. The van der Waals surface area contributed by atoms with Crippen molar-refractivity contribution in [3.05, 3.63) is 71.0 Å². The number of nitrogens with zero attached hydrogens (tertiary/aromatic N) is 2. The number of halogens is 1. The van der Waals surface area contributed by atoms with E-state index in [0.29, 0.717) is 25.4 Å². The number of benzene rings is 2. The molecule has 2 saturated heterocycles. The third kappa shape index (κ3) is 4.62. The SMILES string of the molecule is COc1ccccc1/C(O)=C1\C(=O)C(=O)N(CCCN2CCOCC2)C1c1ccccc1F. The predicted molar refractivity (Wildman–Crippen MR) is 120 cm³/mol. The zero-order valence-electron chi connectivity index (χ0n) is 18.5. The number of ketones is 1. The number of hydrogen-bond acceptors (Lipinski definition) is 6. The summed E-state index contributed by atoms with van der Waals surface area (Å²) in [5, 5.41) is 11.1. The smallest absolute Gasteiger partial charge is 0.295 e. The van der Waals surface area contributed by atoms with Crippen molar-refractivity contribution >= 4 is 17.4 Å². The maximum atomic E-state index is 14.9. The van der Waals surface area contributed by atoms with E-state index in [-0.39, 0.29) is 29.0 Å². The van der Waals surface area contributed by atoms with Gasteiger partial charge in [-0.3, -0.25) is 14.5 Å². The Kier molecular flexibility index (Phi) is 7.05. The fraction of sp³-hybridized carbons (Fsp3) is 0.360. The molecule has 174 valence electrons. The number of para-hydroxylation sites is 1. The van der Waals surface area contributed by atoms with E-state index in [1.165, 1.54) is 24.1 Å². The zero-order valence-corrected chi connectivity index (χ0v) is 18.5. The highest BCUT2D eigenvalue weighted by molar-refractivity contribution is 6.46. The van der Waals surface area contributed by atoms with Crippen LogP contribution in [0, 0.1) is 5.82 Å². The molecule has 2 fully saturated rings. The zero-order chi connectivity index (χ0) is 23.4. The summed E-state index contributed by atoms with van der Waals surface area (Å²) in [6, 6.07) is 11.6. The molecule has 2 aliphatic rings. The van der Waals surface area contributed by atoms with Crippen LogP contribution in [0.3, 0.4) is 0 Å². The number of hydrogen-bond donors (Lipinski definition) is 1. The molecule has 0 bridgehead atoms. The number of morpholine rings is 1. The first-order valence-electron chi connectivity index (χ1n) is 11.0. The molecule has 33 heavy (non-hydrogen) atoms. The number of aliphatic hydroxyl groups is 1. The molecular formula is C25H27FN2O5. The van der Waals surface area contributed by atoms with Gasteiger partial charge < -0.3 is 19.5 Å². The van der Waals surface area contributed by atoms with E-state index in [1.807, 2.05) is 0 Å². The van der Waals surface area contributed by atoms with Crippen LogP contribution in [0.25, 0.3) is 5.76 Å². The summed E-state index contributed by atoms with van der Waals surface area (Å²) in [7, 11) is 1.45. The minimum Gasteiger partial charge on any atom is -0.507 e. The molecule has 2 aliphatic heterocycles. The molecule has 0 aromatic heterocycles. The summed E-state index contributed by atoms with van der Waals surface area (Å²) in [5.74, 6) is -2.16. The third-order valence-corrected chi connectivity index (χ3v) is 6.08. The van der Waals surface area contributed by atoms with Crippen LogP contribution in [0.5, 0.6) is 5.75 Å². The monoisotopic (exact) mass is 454 g/mol. The average Bonchev–Trinajstić information content (AvgIpc) is 3.09. The lowest BCUT2D eigenvalue weighted by atomic mass is 9.94. The molecule has 7 nitrogen and oxygen atoms in total. The Morgan fingerprint density at radius 2 is 1.79 bits per heavy atom. The van der Waals surface area contributed by atoms with Crippen molar-refractivity contribution < 1.29 is 28.6 Å². The Hall–Kier alpha value is -3.23. The minimum absolute atomic E-state index is 0.138. The molecule has 2 aromatic carbocycles. The van der Waals surface area contributed by atoms with Gasteiger partial charge in [0.25, 0.3) is 11.7 Å². The predicted octanol–water partition coefficient (Wildman–Crippen LogP) is 2.98. The van der Waals surface area contributed by atoms with Crippen LogP contribution in [0.1, 0.15) is 23.6 Å². The Labute approximate surface area is 192 Å². The maximum absolute atomic E-state index is 14.9. The van der Waals surface area contributed by atoms with Crippen LogP contribution in [0.4, 0.5) is 4.39 Å². The average molecular weight is 454 g/mol. The van der Waals surface area contributed by atoms with Gasteiger partial charge in [-0.1, -0.05) is 30.3 Å². The number of aliphatic hydroxyl groups excluding tert-OH is 1. The number of Topliss-reactive ketones (excluding diaryl/α,β-unsaturated/α-hetero) is 1. The fourth-order valence-corrected chi connectivity index (χ4v) is 4.41. The second-order valence-electron chi connectivity index (χ2n) is 8.02. The topological polar surface area (TPSA) is 79.3 Å². The van der Waals surface area contributed by atoms with Crippen LogP contribution in [-0.2, 0) is 14.3 Å². The largest absolute Gasteiger partial charge is 0.507 e. The Bertz CT molecular complexity index is 1060. The fourth-order valence-electron chi connectivity index (χ4n) is 4.41. The van der Waals surface area contributed by atoms with Crippen molar-refractivity contribution in [2.45, 2.75) is 12.5 Å². The molecule has 1 unspecified atom stereocenters. The van der Waals surface area contributed by atoms with Gasteiger partial charge in [0.1, 0.15) is 17.3 Å². The summed E-state index contributed by atoms with van der Waals surface area (Å²) in [6.45, 7) is 3.93. The van der Waals surface area contributed by atoms with Crippen molar-refractivity contribution in [3.8, 4) is 5.75 Å². The number of carbonyl (C=O) groups is 2. The van der Waals surface area contributed by atoms with E-state index in [0.717, 1.165) is 19.6 Å². The quantitative estimate of drug-likeness (QED) is 0.394. The van der Waals surface area contributed by atoms with Gasteiger partial charge in [0.15, 0.2) is 0 Å². The lowest BCUT2D eigenvalue weighted by Gasteiger charge is -2.29. The molecule has 2 heterocycles. The van der Waals surface area contributed by atoms with Crippen LogP contribution >= 0.6 is 0 Å². The van der Waals surface area contributed by atoms with Gasteiger partial charge in [0.2, 0.25) is 0 Å². The van der Waals surface area contributed by atoms with Crippen molar-refractivity contribution in [2.75, 3.05) is 46.5 Å². The highest BCUT2D eigenvalue weighted by Crippen LogP contribution is 2.41.